The van der Waals surface area contributed by atoms with Crippen LogP contribution in [-0.2, 0) is 28.4 Å². The van der Waals surface area contributed by atoms with Gasteiger partial charge in [-0.05, 0) is 41.5 Å². The molecule has 0 saturated carbocycles. The van der Waals surface area contributed by atoms with Gasteiger partial charge in [0.15, 0.2) is 0 Å². The van der Waals surface area contributed by atoms with Crippen molar-refractivity contribution in [2.45, 2.75) is 30.9 Å². The van der Waals surface area contributed by atoms with Gasteiger partial charge in [-0.25, -0.2) is 4.79 Å². The zero-order valence-corrected chi connectivity index (χ0v) is 20.3. The van der Waals surface area contributed by atoms with Gasteiger partial charge in [0.2, 0.25) is 5.91 Å². The summed E-state index contributed by atoms with van der Waals surface area (Å²) in [5, 5.41) is 2.52. The highest BCUT2D eigenvalue weighted by atomic mass is 19.4. The van der Waals surface area contributed by atoms with Crippen molar-refractivity contribution in [2.24, 2.45) is 0 Å². The van der Waals surface area contributed by atoms with E-state index in [-0.39, 0.29) is 35.1 Å². The highest BCUT2D eigenvalue weighted by Gasteiger charge is 2.45. The molecule has 4 rings (SSSR count). The molecule has 0 spiro atoms. The number of carbonyl (C=O) groups excluding carboxylic acids is 3. The van der Waals surface area contributed by atoms with E-state index < -0.39 is 58.8 Å². The first-order valence-corrected chi connectivity index (χ1v) is 11.3. The molecule has 0 bridgehead atoms. The van der Waals surface area contributed by atoms with Gasteiger partial charge in [-0.2, -0.15) is 26.3 Å². The van der Waals surface area contributed by atoms with E-state index in [1.165, 1.54) is 43.6 Å². The average Bonchev–Trinajstić information content (AvgIpc) is 3.36. The molecule has 2 aromatic carbocycles. The van der Waals surface area contributed by atoms with Gasteiger partial charge in [-0.1, -0.05) is 18.2 Å². The average molecular weight is 554 g/mol. The van der Waals surface area contributed by atoms with E-state index in [9.17, 15) is 40.7 Å². The smallest absolute Gasteiger partial charge is 0.416 e. The van der Waals surface area contributed by atoms with Crippen LogP contribution >= 0.6 is 0 Å². The number of methoxy groups -OCH3 is 1. The van der Waals surface area contributed by atoms with Gasteiger partial charge in [0, 0.05) is 12.6 Å². The number of halogens is 6. The van der Waals surface area contributed by atoms with Crippen LogP contribution < -0.4 is 5.32 Å². The standard InChI is InChI=1S/C26H20F6N2O5/c1-34-21(13-9-14(25(27,28)29)11-15(10-13)26(30,31)32)20(16-5-3-4-6-17(16)23(34)36)22(35)33-12-19-18(7-8-39-19)24(37)38-2/h3-11,20-21H,12H2,1-2H3,(H,33,35). The number of alkyl halides is 6. The van der Waals surface area contributed by atoms with Crippen LogP contribution in [0.15, 0.2) is 59.2 Å². The number of rotatable bonds is 5. The number of furan rings is 1. The number of hydrogen-bond acceptors (Lipinski definition) is 5. The number of nitrogens with zero attached hydrogens (tertiary/aromatic N) is 1. The number of nitrogens with one attached hydrogen (secondary N) is 1. The van der Waals surface area contributed by atoms with Crippen molar-refractivity contribution in [3.63, 3.8) is 0 Å². The minimum Gasteiger partial charge on any atom is -0.467 e. The summed E-state index contributed by atoms with van der Waals surface area (Å²) in [6, 6.07) is 6.55. The van der Waals surface area contributed by atoms with Gasteiger partial charge >= 0.3 is 18.3 Å². The third kappa shape index (κ3) is 5.33. The lowest BCUT2D eigenvalue weighted by Gasteiger charge is -2.40. The Bertz CT molecular complexity index is 1400. The fourth-order valence-electron chi connectivity index (χ4n) is 4.57. The maximum atomic E-state index is 13.6. The molecular formula is C26H20F6N2O5. The summed E-state index contributed by atoms with van der Waals surface area (Å²) >= 11 is 0. The Morgan fingerprint density at radius 2 is 1.62 bits per heavy atom. The van der Waals surface area contributed by atoms with E-state index in [2.05, 4.69) is 10.1 Å². The summed E-state index contributed by atoms with van der Waals surface area (Å²) in [5.41, 5.74) is -3.50. The molecule has 1 aliphatic heterocycles. The molecule has 2 unspecified atom stereocenters. The van der Waals surface area contributed by atoms with Gasteiger partial charge < -0.3 is 19.4 Å². The molecule has 0 saturated heterocycles. The summed E-state index contributed by atoms with van der Waals surface area (Å²) < 4.78 is 91.5. The summed E-state index contributed by atoms with van der Waals surface area (Å²) in [6.45, 7) is -0.351. The van der Waals surface area contributed by atoms with Gasteiger partial charge in [0.25, 0.3) is 5.91 Å². The van der Waals surface area contributed by atoms with E-state index in [1.54, 1.807) is 0 Å². The Morgan fingerprint density at radius 1 is 1.00 bits per heavy atom. The van der Waals surface area contributed by atoms with Crippen molar-refractivity contribution in [2.75, 3.05) is 14.2 Å². The van der Waals surface area contributed by atoms with Crippen LogP contribution in [-0.4, -0.2) is 36.8 Å². The lowest BCUT2D eigenvalue weighted by molar-refractivity contribution is -0.143. The van der Waals surface area contributed by atoms with Crippen LogP contribution in [0.3, 0.4) is 0 Å². The second-order valence-corrected chi connectivity index (χ2v) is 8.73. The molecule has 206 valence electrons. The number of esters is 1. The van der Waals surface area contributed by atoms with Gasteiger partial charge in [0.1, 0.15) is 11.3 Å². The van der Waals surface area contributed by atoms with E-state index >= 15 is 0 Å². The molecule has 0 fully saturated rings. The van der Waals surface area contributed by atoms with Gasteiger partial charge in [-0.15, -0.1) is 0 Å². The van der Waals surface area contributed by atoms with Crippen molar-refractivity contribution in [1.29, 1.82) is 0 Å². The van der Waals surface area contributed by atoms with E-state index in [0.29, 0.717) is 12.1 Å². The first-order valence-electron chi connectivity index (χ1n) is 11.3. The molecule has 2 heterocycles. The number of hydrogen-bond donors (Lipinski definition) is 1. The molecule has 7 nitrogen and oxygen atoms in total. The number of ether oxygens (including phenoxy) is 1. The van der Waals surface area contributed by atoms with Crippen LogP contribution in [0.1, 0.15) is 60.7 Å². The van der Waals surface area contributed by atoms with E-state index in [0.717, 1.165) is 12.0 Å². The molecule has 0 radical (unpaired) electrons. The van der Waals surface area contributed by atoms with Crippen LogP contribution in [0, 0.1) is 0 Å². The monoisotopic (exact) mass is 554 g/mol. The lowest BCUT2D eigenvalue weighted by Crippen LogP contribution is -2.45. The van der Waals surface area contributed by atoms with Gasteiger partial charge in [0.05, 0.1) is 43.0 Å². The molecule has 0 aliphatic carbocycles. The zero-order chi connectivity index (χ0) is 28.7. The molecule has 1 aromatic heterocycles. The predicted octanol–water partition coefficient (Wildman–Crippen LogP) is 5.33. The summed E-state index contributed by atoms with van der Waals surface area (Å²) in [5.74, 6) is -3.67. The molecule has 1 N–H and O–H groups in total. The number of likely N-dealkylation sites (N-methyl/N-ethyl adjacent to an activating group) is 1. The molecule has 13 heteroatoms. The molecule has 2 atom stereocenters. The van der Waals surface area contributed by atoms with Crippen LogP contribution in [0.25, 0.3) is 0 Å². The molecule has 2 amide bonds. The van der Waals surface area contributed by atoms with Crippen molar-refractivity contribution in [3.05, 3.63) is 93.9 Å². The van der Waals surface area contributed by atoms with Crippen LogP contribution in [0.5, 0.6) is 0 Å². The Kier molecular flexibility index (Phi) is 7.19. The first kappa shape index (κ1) is 27.7. The highest BCUT2D eigenvalue weighted by molar-refractivity contribution is 6.01. The molecule has 39 heavy (non-hydrogen) atoms. The number of fused-ring (bicyclic) bond motifs is 1. The Morgan fingerprint density at radius 3 is 2.21 bits per heavy atom. The quantitative estimate of drug-likeness (QED) is 0.340. The normalized spacial score (nSPS) is 17.5. The molecule has 1 aliphatic rings. The lowest BCUT2D eigenvalue weighted by atomic mass is 9.78. The van der Waals surface area contributed by atoms with Crippen LogP contribution in [0.2, 0.25) is 0 Å². The first-order chi connectivity index (χ1) is 18.2. The number of amides is 2. The van der Waals surface area contributed by atoms with Crippen molar-refractivity contribution in [3.8, 4) is 0 Å². The zero-order valence-electron chi connectivity index (χ0n) is 20.3. The third-order valence-electron chi connectivity index (χ3n) is 6.39. The maximum absolute atomic E-state index is 13.6. The fourth-order valence-corrected chi connectivity index (χ4v) is 4.57. The summed E-state index contributed by atoms with van der Waals surface area (Å²) in [4.78, 5) is 39.5. The fraction of sp³-hybridized carbons (Fsp3) is 0.269. The third-order valence-corrected chi connectivity index (χ3v) is 6.39. The Labute approximate surface area is 217 Å². The minimum atomic E-state index is -5.13. The molecule has 3 aromatic rings. The summed E-state index contributed by atoms with van der Waals surface area (Å²) in [7, 11) is 2.33. The number of carbonyl (C=O) groups is 3. The van der Waals surface area contributed by atoms with Crippen molar-refractivity contribution < 1.29 is 49.9 Å². The summed E-state index contributed by atoms with van der Waals surface area (Å²) in [6.07, 6.45) is -9.08. The van der Waals surface area contributed by atoms with E-state index in [1.807, 2.05) is 0 Å². The number of benzene rings is 2. The minimum absolute atomic E-state index is 0.0124. The van der Waals surface area contributed by atoms with Gasteiger partial charge in [-0.3, -0.25) is 9.59 Å². The largest absolute Gasteiger partial charge is 0.467 e. The maximum Gasteiger partial charge on any atom is 0.416 e. The Hall–Kier alpha value is -4.29. The topological polar surface area (TPSA) is 88.8 Å². The van der Waals surface area contributed by atoms with Crippen molar-refractivity contribution in [1.82, 2.24) is 10.2 Å². The second kappa shape index (κ2) is 10.1. The highest BCUT2D eigenvalue weighted by Crippen LogP contribution is 2.45. The molecular weight excluding hydrogens is 534 g/mol. The SMILES string of the molecule is COC(=O)c1ccoc1CNC(=O)C1c2ccccc2C(=O)N(C)C1c1cc(C(F)(F)F)cc(C(F)(F)F)c1. The predicted molar refractivity (Wildman–Crippen MR) is 122 cm³/mol. The second-order valence-electron chi connectivity index (χ2n) is 8.73. The van der Waals surface area contributed by atoms with Crippen molar-refractivity contribution >= 4 is 17.8 Å². The van der Waals surface area contributed by atoms with E-state index in [4.69, 9.17) is 4.42 Å². The van der Waals surface area contributed by atoms with Crippen LogP contribution in [0.4, 0.5) is 26.3 Å². The Balaban J connectivity index is 1.82.